The second-order valence-electron chi connectivity index (χ2n) is 7.79. The van der Waals surface area contributed by atoms with Crippen LogP contribution in [0.2, 0.25) is 0 Å². The number of esters is 1. The molecule has 0 unspecified atom stereocenters. The molecule has 0 bridgehead atoms. The fourth-order valence-corrected chi connectivity index (χ4v) is 4.42. The van der Waals surface area contributed by atoms with E-state index in [2.05, 4.69) is 10.6 Å². The van der Waals surface area contributed by atoms with Gasteiger partial charge in [-0.25, -0.2) is 4.79 Å². The van der Waals surface area contributed by atoms with Crippen molar-refractivity contribution in [1.82, 2.24) is 10.2 Å². The molecule has 0 aliphatic carbocycles. The lowest BCUT2D eigenvalue weighted by atomic mass is 9.96. The molecule has 0 saturated carbocycles. The van der Waals surface area contributed by atoms with Crippen LogP contribution < -0.4 is 15.5 Å². The normalized spacial score (nSPS) is 17.2. The maximum atomic E-state index is 13.2. The summed E-state index contributed by atoms with van der Waals surface area (Å²) in [7, 11) is 0. The number of benzene rings is 1. The number of fused-ring (bicyclic) bond motifs is 1. The van der Waals surface area contributed by atoms with E-state index >= 15 is 0 Å². The minimum Gasteiger partial charge on any atom is -0.466 e. The molecular weight excluding hydrogens is 432 g/mol. The number of likely N-dealkylation sites (tertiary alicyclic amines) is 1. The van der Waals surface area contributed by atoms with E-state index < -0.39 is 12.1 Å². The maximum Gasteiger partial charge on any atom is 0.323 e. The molecule has 1 saturated heterocycles. The van der Waals surface area contributed by atoms with Crippen LogP contribution in [0.4, 0.5) is 16.2 Å². The molecule has 1 aromatic carbocycles. The minimum absolute atomic E-state index is 0.114. The third kappa shape index (κ3) is 5.73. The number of rotatable bonds is 7. The number of nitrogens with zero attached hydrogens (tertiary/aromatic N) is 2. The first kappa shape index (κ1) is 23.9. The molecule has 2 N–H and O–H groups in total. The molecule has 2 aliphatic heterocycles. The Hall–Kier alpha value is -2.75. The molecule has 9 nitrogen and oxygen atoms in total. The van der Waals surface area contributed by atoms with E-state index in [-0.39, 0.29) is 30.2 Å². The Morgan fingerprint density at radius 1 is 1.25 bits per heavy atom. The lowest BCUT2D eigenvalue weighted by Gasteiger charge is -2.35. The number of hydrogen-bond acceptors (Lipinski definition) is 6. The van der Waals surface area contributed by atoms with Crippen LogP contribution in [-0.4, -0.2) is 73.0 Å². The predicted octanol–water partition coefficient (Wildman–Crippen LogP) is 2.08. The smallest absolute Gasteiger partial charge is 0.323 e. The molecule has 2 aliphatic rings. The summed E-state index contributed by atoms with van der Waals surface area (Å²) in [6.07, 6.45) is 3.52. The highest BCUT2D eigenvalue weighted by molar-refractivity contribution is 7.98. The molecular formula is C22H30N4O5S. The van der Waals surface area contributed by atoms with Crippen LogP contribution in [0.1, 0.15) is 26.2 Å². The lowest BCUT2D eigenvalue weighted by Crippen LogP contribution is -2.55. The van der Waals surface area contributed by atoms with Gasteiger partial charge in [0.15, 0.2) is 0 Å². The molecule has 1 fully saturated rings. The number of anilines is 2. The highest BCUT2D eigenvalue weighted by atomic mass is 32.2. The first-order chi connectivity index (χ1) is 15.4. The number of amides is 4. The van der Waals surface area contributed by atoms with Crippen LogP contribution in [-0.2, 0) is 19.1 Å². The van der Waals surface area contributed by atoms with Crippen LogP contribution in [0.3, 0.4) is 0 Å². The summed E-state index contributed by atoms with van der Waals surface area (Å²) >= 11 is 1.59. The van der Waals surface area contributed by atoms with E-state index in [4.69, 9.17) is 4.74 Å². The highest BCUT2D eigenvalue weighted by Gasteiger charge is 2.34. The molecule has 1 atom stereocenters. The molecule has 0 spiro atoms. The van der Waals surface area contributed by atoms with E-state index in [1.54, 1.807) is 47.9 Å². The average Bonchev–Trinajstić information content (AvgIpc) is 2.80. The lowest BCUT2D eigenvalue weighted by molar-refractivity contribution is -0.151. The Bertz CT molecular complexity index is 856. The molecule has 3 rings (SSSR count). The minimum atomic E-state index is -0.703. The van der Waals surface area contributed by atoms with Gasteiger partial charge >= 0.3 is 12.0 Å². The molecule has 4 amide bonds. The Labute approximate surface area is 192 Å². The number of urea groups is 1. The molecule has 0 radical (unpaired) electrons. The zero-order valence-electron chi connectivity index (χ0n) is 18.5. The van der Waals surface area contributed by atoms with Crippen molar-refractivity contribution in [3.05, 3.63) is 24.3 Å². The van der Waals surface area contributed by atoms with Gasteiger partial charge in [0.25, 0.3) is 0 Å². The molecule has 1 aromatic rings. The van der Waals surface area contributed by atoms with Gasteiger partial charge in [-0.15, -0.1) is 0 Å². The van der Waals surface area contributed by atoms with Crippen LogP contribution >= 0.6 is 11.8 Å². The topological polar surface area (TPSA) is 108 Å². The van der Waals surface area contributed by atoms with Crippen molar-refractivity contribution >= 4 is 47.0 Å². The largest absolute Gasteiger partial charge is 0.466 e. The molecule has 32 heavy (non-hydrogen) atoms. The van der Waals surface area contributed by atoms with Gasteiger partial charge in [0.05, 0.1) is 23.9 Å². The van der Waals surface area contributed by atoms with Gasteiger partial charge in [-0.05, 0) is 50.3 Å². The predicted molar refractivity (Wildman–Crippen MR) is 124 cm³/mol. The maximum absolute atomic E-state index is 13.2. The number of carbonyl (C=O) groups is 4. The SMILES string of the molecule is CCOC(=O)C1CCN(C(=O)[C@H](CCSC)NC(=O)N2CC(=O)Nc3ccccc32)CC1. The fourth-order valence-electron chi connectivity index (χ4n) is 3.95. The molecule has 2 heterocycles. The van der Waals surface area contributed by atoms with E-state index in [0.29, 0.717) is 56.1 Å². The summed E-state index contributed by atoms with van der Waals surface area (Å²) in [6, 6.07) is 5.88. The number of hydrogen-bond donors (Lipinski definition) is 2. The summed E-state index contributed by atoms with van der Waals surface area (Å²) in [5, 5.41) is 5.60. The number of carbonyl (C=O) groups excluding carboxylic acids is 4. The standard InChI is InChI=1S/C22H30N4O5S/c1-3-31-21(29)15-8-11-25(12-9-15)20(28)17(10-13-32-2)24-22(30)26-14-19(27)23-16-6-4-5-7-18(16)26/h4-7,15,17H,3,8-14H2,1-2H3,(H,23,27)(H,24,30)/t17-/m0/s1. The second-order valence-corrected chi connectivity index (χ2v) is 8.77. The van der Waals surface area contributed by atoms with Crippen molar-refractivity contribution in [3.8, 4) is 0 Å². The Kier molecular flexibility index (Phi) is 8.38. The fraction of sp³-hybridized carbons (Fsp3) is 0.545. The molecule has 0 aromatic heterocycles. The zero-order chi connectivity index (χ0) is 23.1. The number of piperidine rings is 1. The summed E-state index contributed by atoms with van der Waals surface area (Å²) < 4.78 is 5.09. The number of nitrogens with one attached hydrogen (secondary N) is 2. The Morgan fingerprint density at radius 2 is 1.97 bits per heavy atom. The van der Waals surface area contributed by atoms with Gasteiger partial charge in [0, 0.05) is 13.1 Å². The van der Waals surface area contributed by atoms with Crippen molar-refractivity contribution in [2.24, 2.45) is 5.92 Å². The van der Waals surface area contributed by atoms with Crippen LogP contribution in [0, 0.1) is 5.92 Å². The third-order valence-electron chi connectivity index (χ3n) is 5.65. The van der Waals surface area contributed by atoms with Gasteiger partial charge < -0.3 is 20.3 Å². The molecule has 174 valence electrons. The average molecular weight is 463 g/mol. The number of thioether (sulfide) groups is 1. The van der Waals surface area contributed by atoms with Gasteiger partial charge in [0.1, 0.15) is 12.6 Å². The van der Waals surface area contributed by atoms with Crippen LogP contribution in [0.5, 0.6) is 0 Å². The van der Waals surface area contributed by atoms with Crippen molar-refractivity contribution in [3.63, 3.8) is 0 Å². The van der Waals surface area contributed by atoms with Crippen molar-refractivity contribution in [1.29, 1.82) is 0 Å². The van der Waals surface area contributed by atoms with Gasteiger partial charge in [-0.2, -0.15) is 11.8 Å². The first-order valence-corrected chi connectivity index (χ1v) is 12.2. The van der Waals surface area contributed by atoms with E-state index in [0.717, 1.165) is 0 Å². The van der Waals surface area contributed by atoms with Gasteiger partial charge in [0.2, 0.25) is 11.8 Å². The highest BCUT2D eigenvalue weighted by Crippen LogP contribution is 2.29. The summed E-state index contributed by atoms with van der Waals surface area (Å²) in [5.41, 5.74) is 1.16. The number of ether oxygens (including phenoxy) is 1. The molecule has 10 heteroatoms. The quantitative estimate of drug-likeness (QED) is 0.601. The van der Waals surface area contributed by atoms with Crippen molar-refractivity contribution < 1.29 is 23.9 Å². The van der Waals surface area contributed by atoms with Gasteiger partial charge in [-0.1, -0.05) is 12.1 Å². The first-order valence-electron chi connectivity index (χ1n) is 10.9. The van der Waals surface area contributed by atoms with E-state index in [1.807, 2.05) is 6.26 Å². The van der Waals surface area contributed by atoms with Crippen molar-refractivity contribution in [2.45, 2.75) is 32.2 Å². The second kappa shape index (κ2) is 11.2. The summed E-state index contributed by atoms with van der Waals surface area (Å²) in [6.45, 7) is 2.90. The van der Waals surface area contributed by atoms with Gasteiger partial charge in [-0.3, -0.25) is 19.3 Å². The number of para-hydroxylation sites is 2. The monoisotopic (exact) mass is 462 g/mol. The van der Waals surface area contributed by atoms with Crippen LogP contribution in [0.25, 0.3) is 0 Å². The summed E-state index contributed by atoms with van der Waals surface area (Å²) in [5.74, 6) is -0.153. The Morgan fingerprint density at radius 3 is 2.66 bits per heavy atom. The van der Waals surface area contributed by atoms with Crippen molar-refractivity contribution in [2.75, 3.05) is 48.5 Å². The van der Waals surface area contributed by atoms with Crippen LogP contribution in [0.15, 0.2) is 24.3 Å². The van der Waals surface area contributed by atoms with E-state index in [1.165, 1.54) is 4.90 Å². The van der Waals surface area contributed by atoms with E-state index in [9.17, 15) is 19.2 Å². The third-order valence-corrected chi connectivity index (χ3v) is 6.29. The summed E-state index contributed by atoms with van der Waals surface area (Å²) in [4.78, 5) is 53.4. The zero-order valence-corrected chi connectivity index (χ0v) is 19.3. The Balaban J connectivity index is 1.66.